The van der Waals surface area contributed by atoms with Crippen LogP contribution in [0.5, 0.6) is 0 Å². The molecule has 5 heteroatoms. The zero-order valence-corrected chi connectivity index (χ0v) is 10.7. The van der Waals surface area contributed by atoms with Crippen LogP contribution in [0, 0.1) is 0 Å². The van der Waals surface area contributed by atoms with Gasteiger partial charge >= 0.3 is 0 Å². The van der Waals surface area contributed by atoms with Crippen LogP contribution in [0.2, 0.25) is 5.02 Å². The van der Waals surface area contributed by atoms with E-state index in [9.17, 15) is 0 Å². The molecule has 3 aromatic rings. The fraction of sp³-hybridized carbons (Fsp3) is 0.0714. The second-order valence-corrected chi connectivity index (χ2v) is 4.50. The Balaban J connectivity index is 1.80. The molecule has 0 N–H and O–H groups in total. The summed E-state index contributed by atoms with van der Waals surface area (Å²) in [7, 11) is 0. The van der Waals surface area contributed by atoms with Gasteiger partial charge in [-0.15, -0.1) is 0 Å². The van der Waals surface area contributed by atoms with Crippen molar-refractivity contribution in [3.63, 3.8) is 0 Å². The van der Waals surface area contributed by atoms with Crippen LogP contribution >= 0.6 is 11.6 Å². The third-order valence-electron chi connectivity index (χ3n) is 2.65. The summed E-state index contributed by atoms with van der Waals surface area (Å²) in [5.74, 6) is 1.12. The molecule has 3 rings (SSSR count). The van der Waals surface area contributed by atoms with E-state index in [1.165, 1.54) is 0 Å². The molecule has 1 aromatic carbocycles. The van der Waals surface area contributed by atoms with E-state index in [4.69, 9.17) is 16.1 Å². The fourth-order valence-corrected chi connectivity index (χ4v) is 1.84. The number of nitrogens with zero attached hydrogens (tertiary/aromatic N) is 3. The van der Waals surface area contributed by atoms with E-state index >= 15 is 0 Å². The summed E-state index contributed by atoms with van der Waals surface area (Å²) in [5, 5.41) is 4.68. The lowest BCUT2D eigenvalue weighted by atomic mass is 10.1. The van der Waals surface area contributed by atoms with E-state index in [-0.39, 0.29) is 0 Å². The van der Waals surface area contributed by atoms with Gasteiger partial charge in [-0.3, -0.25) is 4.98 Å². The topological polar surface area (TPSA) is 51.8 Å². The van der Waals surface area contributed by atoms with E-state index in [1.807, 2.05) is 36.4 Å². The number of aromatic nitrogens is 3. The van der Waals surface area contributed by atoms with Gasteiger partial charge in [0, 0.05) is 23.8 Å². The predicted octanol–water partition coefficient (Wildman–Crippen LogP) is 3.38. The fourth-order valence-electron chi connectivity index (χ4n) is 1.72. The normalized spacial score (nSPS) is 10.6. The van der Waals surface area contributed by atoms with E-state index in [2.05, 4.69) is 15.1 Å². The molecule has 0 fully saturated rings. The minimum Gasteiger partial charge on any atom is -0.334 e. The van der Waals surface area contributed by atoms with Gasteiger partial charge in [0.15, 0.2) is 5.82 Å². The molecule has 4 nitrogen and oxygen atoms in total. The summed E-state index contributed by atoms with van der Waals surface area (Å²) in [6.07, 6.45) is 4.01. The van der Waals surface area contributed by atoms with Gasteiger partial charge < -0.3 is 4.52 Å². The predicted molar refractivity (Wildman–Crippen MR) is 71.8 cm³/mol. The van der Waals surface area contributed by atoms with Gasteiger partial charge in [0.1, 0.15) is 0 Å². The molecule has 0 saturated carbocycles. The van der Waals surface area contributed by atoms with Crippen molar-refractivity contribution in [3.05, 3.63) is 65.2 Å². The third-order valence-corrected chi connectivity index (χ3v) is 2.90. The van der Waals surface area contributed by atoms with Crippen LogP contribution in [0.4, 0.5) is 0 Å². The summed E-state index contributed by atoms with van der Waals surface area (Å²) < 4.78 is 5.22. The van der Waals surface area contributed by atoms with Gasteiger partial charge in [-0.2, -0.15) is 4.98 Å². The van der Waals surface area contributed by atoms with Crippen molar-refractivity contribution < 1.29 is 4.52 Å². The Kier molecular flexibility index (Phi) is 3.25. The minimum atomic E-state index is 0.483. The molecule has 0 spiro atoms. The summed E-state index contributed by atoms with van der Waals surface area (Å²) in [6.45, 7) is 0. The number of halogens is 1. The lowest BCUT2D eigenvalue weighted by Gasteiger charge is -1.96. The minimum absolute atomic E-state index is 0.483. The number of rotatable bonds is 3. The van der Waals surface area contributed by atoms with Gasteiger partial charge in [0.05, 0.1) is 5.56 Å². The first kappa shape index (κ1) is 11.9. The van der Waals surface area contributed by atoms with Crippen molar-refractivity contribution in [1.82, 2.24) is 15.1 Å². The highest BCUT2D eigenvalue weighted by Crippen LogP contribution is 2.17. The maximum absolute atomic E-state index is 5.84. The number of hydrogen-bond acceptors (Lipinski definition) is 4. The van der Waals surface area contributed by atoms with Gasteiger partial charge in [-0.1, -0.05) is 28.9 Å². The summed E-state index contributed by atoms with van der Waals surface area (Å²) in [6, 6.07) is 11.3. The van der Waals surface area contributed by atoms with Crippen LogP contribution in [-0.4, -0.2) is 15.1 Å². The second-order valence-electron chi connectivity index (χ2n) is 4.06. The molecule has 0 aliphatic carbocycles. The first-order valence-electron chi connectivity index (χ1n) is 5.79. The van der Waals surface area contributed by atoms with Crippen LogP contribution < -0.4 is 0 Å². The van der Waals surface area contributed by atoms with Crippen molar-refractivity contribution in [1.29, 1.82) is 0 Å². The molecule has 0 amide bonds. The Hall–Kier alpha value is -2.20. The Morgan fingerprint density at radius 1 is 1.11 bits per heavy atom. The van der Waals surface area contributed by atoms with Crippen LogP contribution in [0.3, 0.4) is 0 Å². The second kappa shape index (κ2) is 5.20. The van der Waals surface area contributed by atoms with Gasteiger partial charge in [0.25, 0.3) is 5.89 Å². The summed E-state index contributed by atoms with van der Waals surface area (Å²) in [5.41, 5.74) is 1.90. The van der Waals surface area contributed by atoms with Crippen molar-refractivity contribution in [2.45, 2.75) is 6.42 Å². The standard InChI is InChI=1S/C14H10ClN3O/c15-12-5-3-10(4-6-12)8-13-17-14(19-18-13)11-2-1-7-16-9-11/h1-7,9H,8H2. The monoisotopic (exact) mass is 271 g/mol. The Labute approximate surface area is 115 Å². The summed E-state index contributed by atoms with van der Waals surface area (Å²) in [4.78, 5) is 8.37. The Morgan fingerprint density at radius 3 is 2.68 bits per heavy atom. The van der Waals surface area contributed by atoms with Crippen LogP contribution in [0.25, 0.3) is 11.5 Å². The van der Waals surface area contributed by atoms with Crippen LogP contribution in [0.15, 0.2) is 53.3 Å². The molecular formula is C14H10ClN3O. The first-order chi connectivity index (χ1) is 9.31. The molecule has 0 unspecified atom stereocenters. The highest BCUT2D eigenvalue weighted by atomic mass is 35.5. The molecular weight excluding hydrogens is 262 g/mol. The Bertz CT molecular complexity index is 665. The van der Waals surface area contributed by atoms with Crippen molar-refractivity contribution in [2.24, 2.45) is 0 Å². The average Bonchev–Trinajstić information content (AvgIpc) is 2.91. The van der Waals surface area contributed by atoms with E-state index in [1.54, 1.807) is 12.4 Å². The molecule has 0 aliphatic rings. The van der Waals surface area contributed by atoms with E-state index in [0.29, 0.717) is 23.2 Å². The quantitative estimate of drug-likeness (QED) is 0.733. The smallest absolute Gasteiger partial charge is 0.259 e. The SMILES string of the molecule is Clc1ccc(Cc2noc(-c3cccnc3)n2)cc1. The molecule has 19 heavy (non-hydrogen) atoms. The Morgan fingerprint density at radius 2 is 1.95 bits per heavy atom. The van der Waals surface area contributed by atoms with Gasteiger partial charge in [-0.05, 0) is 29.8 Å². The van der Waals surface area contributed by atoms with E-state index in [0.717, 1.165) is 11.1 Å². The maximum Gasteiger partial charge on any atom is 0.259 e. The molecule has 2 aromatic heterocycles. The van der Waals surface area contributed by atoms with Crippen molar-refractivity contribution >= 4 is 11.6 Å². The van der Waals surface area contributed by atoms with Crippen LogP contribution in [0.1, 0.15) is 11.4 Å². The largest absolute Gasteiger partial charge is 0.334 e. The highest BCUT2D eigenvalue weighted by Gasteiger charge is 2.09. The molecule has 0 radical (unpaired) electrons. The zero-order chi connectivity index (χ0) is 13.1. The molecule has 0 atom stereocenters. The number of benzene rings is 1. The van der Waals surface area contributed by atoms with Crippen molar-refractivity contribution in [2.75, 3.05) is 0 Å². The number of pyridine rings is 1. The van der Waals surface area contributed by atoms with Gasteiger partial charge in [0.2, 0.25) is 0 Å². The van der Waals surface area contributed by atoms with Gasteiger partial charge in [-0.25, -0.2) is 0 Å². The van der Waals surface area contributed by atoms with E-state index < -0.39 is 0 Å². The number of hydrogen-bond donors (Lipinski definition) is 0. The lowest BCUT2D eigenvalue weighted by molar-refractivity contribution is 0.424. The lowest BCUT2D eigenvalue weighted by Crippen LogP contribution is -1.90. The zero-order valence-electron chi connectivity index (χ0n) is 9.95. The maximum atomic E-state index is 5.84. The molecule has 0 saturated heterocycles. The first-order valence-corrected chi connectivity index (χ1v) is 6.16. The third kappa shape index (κ3) is 2.80. The summed E-state index contributed by atoms with van der Waals surface area (Å²) >= 11 is 5.84. The average molecular weight is 272 g/mol. The van der Waals surface area contributed by atoms with Crippen molar-refractivity contribution in [3.8, 4) is 11.5 Å². The molecule has 94 valence electrons. The molecule has 2 heterocycles. The molecule has 0 aliphatic heterocycles. The highest BCUT2D eigenvalue weighted by molar-refractivity contribution is 6.30. The molecule has 0 bridgehead atoms. The van der Waals surface area contributed by atoms with Crippen LogP contribution in [-0.2, 0) is 6.42 Å².